The van der Waals surface area contributed by atoms with Crippen LogP contribution in [0.1, 0.15) is 42.3 Å². The summed E-state index contributed by atoms with van der Waals surface area (Å²) in [5.41, 5.74) is 0.927. The molecule has 1 unspecified atom stereocenters. The maximum Gasteiger partial charge on any atom is 0.334 e. The maximum atomic E-state index is 14.1. The van der Waals surface area contributed by atoms with Gasteiger partial charge in [0, 0.05) is 37.5 Å². The van der Waals surface area contributed by atoms with E-state index in [1.54, 1.807) is 36.5 Å². The Morgan fingerprint density at radius 1 is 0.973 bits per heavy atom. The minimum absolute atomic E-state index is 0.155. The van der Waals surface area contributed by atoms with Gasteiger partial charge >= 0.3 is 5.97 Å². The number of hydrogen-bond donors (Lipinski definition) is 0. The van der Waals surface area contributed by atoms with Crippen molar-refractivity contribution in [3.05, 3.63) is 83.7 Å². The van der Waals surface area contributed by atoms with E-state index in [-0.39, 0.29) is 24.3 Å². The molecule has 37 heavy (non-hydrogen) atoms. The Bertz CT molecular complexity index is 1240. The third-order valence-electron chi connectivity index (χ3n) is 6.80. The van der Waals surface area contributed by atoms with Crippen molar-refractivity contribution in [2.24, 2.45) is 0 Å². The molecule has 4 rings (SSSR count). The van der Waals surface area contributed by atoms with Crippen molar-refractivity contribution >= 4 is 17.8 Å². The molecular formula is C29H34N4O4. The summed E-state index contributed by atoms with van der Waals surface area (Å²) in [6.45, 7) is 7.25. The van der Waals surface area contributed by atoms with E-state index < -0.39 is 11.5 Å². The molecule has 0 bridgehead atoms. The van der Waals surface area contributed by atoms with Crippen LogP contribution in [0.3, 0.4) is 0 Å². The number of benzene rings is 2. The fraction of sp³-hybridized carbons (Fsp3) is 0.379. The molecule has 1 aliphatic heterocycles. The summed E-state index contributed by atoms with van der Waals surface area (Å²) in [5.74, 6) is 0.408. The molecule has 8 nitrogen and oxygen atoms in total. The van der Waals surface area contributed by atoms with Gasteiger partial charge in [0.25, 0.3) is 5.91 Å². The third kappa shape index (κ3) is 5.28. The lowest BCUT2D eigenvalue weighted by molar-refractivity contribution is -0.154. The lowest BCUT2D eigenvalue weighted by Gasteiger charge is -2.48. The van der Waals surface area contributed by atoms with Crippen LogP contribution >= 0.6 is 0 Å². The number of aromatic nitrogens is 2. The quantitative estimate of drug-likeness (QED) is 0.473. The van der Waals surface area contributed by atoms with Crippen LogP contribution in [0.4, 0.5) is 5.95 Å². The zero-order chi connectivity index (χ0) is 26.6. The molecule has 1 saturated heterocycles. The summed E-state index contributed by atoms with van der Waals surface area (Å²) in [5, 5.41) is 0. The Labute approximate surface area is 218 Å². The Morgan fingerprint density at radius 3 is 2.30 bits per heavy atom. The number of piperazine rings is 1. The number of methoxy groups -OCH3 is 2. The highest BCUT2D eigenvalue weighted by atomic mass is 16.5. The number of rotatable bonds is 6. The van der Waals surface area contributed by atoms with Gasteiger partial charge in [-0.3, -0.25) is 4.79 Å². The minimum Gasteiger partial charge on any atom is -0.496 e. The molecule has 1 atom stereocenters. The molecule has 0 saturated carbocycles. The molecule has 3 aromatic rings. The Morgan fingerprint density at radius 2 is 1.68 bits per heavy atom. The van der Waals surface area contributed by atoms with Gasteiger partial charge in [-0.2, -0.15) is 0 Å². The number of hydrogen-bond acceptors (Lipinski definition) is 7. The topological polar surface area (TPSA) is 84.9 Å². The number of amides is 1. The van der Waals surface area contributed by atoms with Crippen LogP contribution in [-0.4, -0.2) is 66.1 Å². The van der Waals surface area contributed by atoms with E-state index in [0.29, 0.717) is 30.4 Å². The molecule has 2 heterocycles. The van der Waals surface area contributed by atoms with Gasteiger partial charge in [-0.15, -0.1) is 0 Å². The van der Waals surface area contributed by atoms with Gasteiger partial charge in [0.15, 0.2) is 5.54 Å². The molecule has 0 spiro atoms. The van der Waals surface area contributed by atoms with Crippen molar-refractivity contribution in [2.75, 3.05) is 38.8 Å². The molecule has 2 aromatic carbocycles. The van der Waals surface area contributed by atoms with Gasteiger partial charge in [0.1, 0.15) is 5.75 Å². The fourth-order valence-electron chi connectivity index (χ4n) is 4.96. The Hall–Kier alpha value is -3.94. The van der Waals surface area contributed by atoms with Crippen molar-refractivity contribution in [1.29, 1.82) is 0 Å². The normalized spacial score (nSPS) is 17.9. The molecular weight excluding hydrogens is 468 g/mol. The van der Waals surface area contributed by atoms with Gasteiger partial charge < -0.3 is 19.3 Å². The lowest BCUT2D eigenvalue weighted by atomic mass is 9.84. The van der Waals surface area contributed by atoms with E-state index in [0.717, 1.165) is 11.1 Å². The first kappa shape index (κ1) is 26.1. The number of anilines is 1. The molecule has 1 aromatic heterocycles. The largest absolute Gasteiger partial charge is 0.496 e. The Balaban J connectivity index is 1.79. The highest BCUT2D eigenvalue weighted by Crippen LogP contribution is 2.35. The van der Waals surface area contributed by atoms with Crippen LogP contribution in [0.2, 0.25) is 0 Å². The van der Waals surface area contributed by atoms with E-state index in [9.17, 15) is 9.59 Å². The summed E-state index contributed by atoms with van der Waals surface area (Å²) in [6, 6.07) is 16.9. The number of ether oxygens (including phenoxy) is 2. The van der Waals surface area contributed by atoms with Gasteiger partial charge in [-0.05, 0) is 34.7 Å². The van der Waals surface area contributed by atoms with Crippen molar-refractivity contribution < 1.29 is 19.1 Å². The second-order valence-corrected chi connectivity index (χ2v) is 10.3. The molecule has 1 aliphatic rings. The number of esters is 1. The number of carbonyl (C=O) groups is 2. The average molecular weight is 503 g/mol. The molecule has 0 radical (unpaired) electrons. The zero-order valence-electron chi connectivity index (χ0n) is 22.1. The molecule has 8 heteroatoms. The average Bonchev–Trinajstić information content (AvgIpc) is 2.92. The van der Waals surface area contributed by atoms with Gasteiger partial charge in [-0.25, -0.2) is 14.8 Å². The summed E-state index contributed by atoms with van der Waals surface area (Å²) >= 11 is 0. The molecule has 1 fully saturated rings. The number of nitrogens with zero attached hydrogens (tertiary/aromatic N) is 4. The van der Waals surface area contributed by atoms with Crippen molar-refractivity contribution in [3.8, 4) is 5.75 Å². The second-order valence-electron chi connectivity index (χ2n) is 10.3. The van der Waals surface area contributed by atoms with Crippen LogP contribution in [-0.2, 0) is 21.4 Å². The maximum absolute atomic E-state index is 14.1. The molecule has 194 valence electrons. The van der Waals surface area contributed by atoms with E-state index in [1.165, 1.54) is 7.11 Å². The third-order valence-corrected chi connectivity index (χ3v) is 6.80. The van der Waals surface area contributed by atoms with E-state index in [4.69, 9.17) is 9.47 Å². The van der Waals surface area contributed by atoms with Gasteiger partial charge in [0.2, 0.25) is 5.95 Å². The van der Waals surface area contributed by atoms with Crippen molar-refractivity contribution in [2.45, 2.75) is 38.1 Å². The predicted octanol–water partition coefficient (Wildman–Crippen LogP) is 3.90. The molecule has 0 N–H and O–H groups in total. The van der Waals surface area contributed by atoms with E-state index >= 15 is 0 Å². The van der Waals surface area contributed by atoms with Crippen LogP contribution in [0.25, 0.3) is 0 Å². The van der Waals surface area contributed by atoms with Gasteiger partial charge in [-0.1, -0.05) is 57.2 Å². The molecule has 0 aliphatic carbocycles. The second kappa shape index (κ2) is 10.6. The lowest BCUT2D eigenvalue weighted by Crippen LogP contribution is -2.69. The number of carbonyl (C=O) groups excluding carboxylic acids is 2. The fourth-order valence-corrected chi connectivity index (χ4v) is 4.96. The first-order valence-electron chi connectivity index (χ1n) is 12.3. The zero-order valence-corrected chi connectivity index (χ0v) is 22.1. The SMILES string of the molecule is COC(=O)C1(Cc2ccccc2)CN(c2ncccn2)CCN1C(=O)c1ccc(C(C)(C)C)c(OC)c1. The standard InChI is InChI=1S/C29H34N4O4/c1-28(2,3)23-13-12-22(18-24(23)36-4)25(34)33-17-16-32(27-30-14-9-15-31-27)20-29(33,26(35)37-5)19-21-10-7-6-8-11-21/h6-15,18H,16-17,19-20H2,1-5H3. The summed E-state index contributed by atoms with van der Waals surface area (Å²) < 4.78 is 11.0. The smallest absolute Gasteiger partial charge is 0.334 e. The summed E-state index contributed by atoms with van der Waals surface area (Å²) in [6.07, 6.45) is 3.62. The monoisotopic (exact) mass is 502 g/mol. The summed E-state index contributed by atoms with van der Waals surface area (Å²) in [4.78, 5) is 40.1. The van der Waals surface area contributed by atoms with E-state index in [1.807, 2.05) is 47.4 Å². The Kier molecular flexibility index (Phi) is 7.47. The van der Waals surface area contributed by atoms with E-state index in [2.05, 4.69) is 30.7 Å². The highest BCUT2D eigenvalue weighted by molar-refractivity contribution is 5.99. The molecule has 1 amide bonds. The highest BCUT2D eigenvalue weighted by Gasteiger charge is 2.52. The minimum atomic E-state index is -1.29. The van der Waals surface area contributed by atoms with Crippen LogP contribution < -0.4 is 9.64 Å². The van der Waals surface area contributed by atoms with Crippen molar-refractivity contribution in [3.63, 3.8) is 0 Å². The van der Waals surface area contributed by atoms with Crippen molar-refractivity contribution in [1.82, 2.24) is 14.9 Å². The van der Waals surface area contributed by atoms with Crippen LogP contribution in [0.5, 0.6) is 5.75 Å². The summed E-state index contributed by atoms with van der Waals surface area (Å²) in [7, 11) is 2.96. The first-order valence-corrected chi connectivity index (χ1v) is 12.3. The first-order chi connectivity index (χ1) is 17.7. The van der Waals surface area contributed by atoms with Crippen LogP contribution in [0, 0.1) is 0 Å². The van der Waals surface area contributed by atoms with Gasteiger partial charge in [0.05, 0.1) is 20.8 Å². The van der Waals surface area contributed by atoms with Crippen LogP contribution in [0.15, 0.2) is 67.0 Å². The predicted molar refractivity (Wildman–Crippen MR) is 142 cm³/mol.